The Morgan fingerprint density at radius 2 is 1.64 bits per heavy atom. The average Bonchev–Trinajstić information content (AvgIpc) is 3.45. The number of fused-ring (bicyclic) bond motifs is 1. The standard InChI is InChI=1S/C29H25FN4OS/c30-22-12-14-23(15-13-22)31-27(35)17-19-34(18-16-21-7-2-1-3-8-21)29-24-9-4-5-10-25(24)32-28(33-29)26-11-6-20-36-26/h1-15,20H,16-19H2,(H,31,35). The number of hydrogen-bond donors (Lipinski definition) is 1. The summed E-state index contributed by atoms with van der Waals surface area (Å²) < 4.78 is 13.2. The highest BCUT2D eigenvalue weighted by Gasteiger charge is 2.17. The van der Waals surface area contributed by atoms with E-state index in [1.807, 2.05) is 60.0 Å². The zero-order valence-electron chi connectivity index (χ0n) is 19.6. The molecule has 0 aliphatic rings. The zero-order chi connectivity index (χ0) is 24.7. The normalized spacial score (nSPS) is 10.9. The van der Waals surface area contributed by atoms with Crippen LogP contribution in [0.3, 0.4) is 0 Å². The number of rotatable bonds is 9. The first kappa shape index (κ1) is 23.6. The molecule has 0 atom stereocenters. The van der Waals surface area contributed by atoms with Crippen LogP contribution in [0.15, 0.2) is 96.4 Å². The van der Waals surface area contributed by atoms with Crippen molar-refractivity contribution < 1.29 is 9.18 Å². The minimum absolute atomic E-state index is 0.136. The maximum absolute atomic E-state index is 13.2. The van der Waals surface area contributed by atoms with Crippen LogP contribution in [0, 0.1) is 5.82 Å². The number of benzene rings is 3. The number of carbonyl (C=O) groups is 1. The number of hydrogen-bond acceptors (Lipinski definition) is 5. The molecule has 0 bridgehead atoms. The molecule has 2 heterocycles. The summed E-state index contributed by atoms with van der Waals surface area (Å²) in [5.41, 5.74) is 2.66. The molecule has 5 aromatic rings. The predicted molar refractivity (Wildman–Crippen MR) is 145 cm³/mol. The fourth-order valence-corrected chi connectivity index (χ4v) is 4.70. The summed E-state index contributed by atoms with van der Waals surface area (Å²) in [5.74, 6) is 1.02. The van der Waals surface area contributed by atoms with Gasteiger partial charge in [0.15, 0.2) is 5.82 Å². The van der Waals surface area contributed by atoms with E-state index in [4.69, 9.17) is 9.97 Å². The van der Waals surface area contributed by atoms with Crippen molar-refractivity contribution in [3.63, 3.8) is 0 Å². The van der Waals surface area contributed by atoms with Gasteiger partial charge in [0.05, 0.1) is 10.4 Å². The van der Waals surface area contributed by atoms with Crippen LogP contribution in [0.2, 0.25) is 0 Å². The molecule has 36 heavy (non-hydrogen) atoms. The van der Waals surface area contributed by atoms with Crippen molar-refractivity contribution in [1.82, 2.24) is 9.97 Å². The molecule has 0 spiro atoms. The summed E-state index contributed by atoms with van der Waals surface area (Å²) in [6, 6.07) is 28.1. The third-order valence-electron chi connectivity index (χ3n) is 5.87. The van der Waals surface area contributed by atoms with Gasteiger partial charge in [0.25, 0.3) is 0 Å². The first-order valence-electron chi connectivity index (χ1n) is 11.8. The van der Waals surface area contributed by atoms with Crippen molar-refractivity contribution >= 4 is 39.7 Å². The Balaban J connectivity index is 1.43. The Bertz CT molecular complexity index is 1440. The van der Waals surface area contributed by atoms with E-state index in [0.717, 1.165) is 28.0 Å². The largest absolute Gasteiger partial charge is 0.355 e. The predicted octanol–water partition coefficient (Wildman–Crippen LogP) is 6.58. The van der Waals surface area contributed by atoms with E-state index in [0.29, 0.717) is 24.6 Å². The van der Waals surface area contributed by atoms with E-state index < -0.39 is 0 Å². The van der Waals surface area contributed by atoms with E-state index in [-0.39, 0.29) is 18.1 Å². The summed E-state index contributed by atoms with van der Waals surface area (Å²) in [4.78, 5) is 25.7. The number of nitrogens with one attached hydrogen (secondary N) is 1. The lowest BCUT2D eigenvalue weighted by Crippen LogP contribution is -2.31. The number of anilines is 2. The number of para-hydroxylation sites is 1. The SMILES string of the molecule is O=C(CCN(CCc1ccccc1)c1nc(-c2cccs2)nc2ccccc12)Nc1ccc(F)cc1. The van der Waals surface area contributed by atoms with Crippen LogP contribution in [0.4, 0.5) is 15.9 Å². The molecular formula is C29H25FN4OS. The van der Waals surface area contributed by atoms with Crippen LogP contribution in [-0.2, 0) is 11.2 Å². The van der Waals surface area contributed by atoms with E-state index in [9.17, 15) is 9.18 Å². The second-order valence-corrected chi connectivity index (χ2v) is 9.34. The highest BCUT2D eigenvalue weighted by molar-refractivity contribution is 7.13. The number of carbonyl (C=O) groups excluding carboxylic acids is 1. The lowest BCUT2D eigenvalue weighted by atomic mass is 10.1. The topological polar surface area (TPSA) is 58.1 Å². The van der Waals surface area contributed by atoms with E-state index >= 15 is 0 Å². The number of aromatic nitrogens is 2. The molecule has 0 aliphatic heterocycles. The zero-order valence-corrected chi connectivity index (χ0v) is 20.4. The van der Waals surface area contributed by atoms with E-state index in [1.54, 1.807) is 23.5 Å². The van der Waals surface area contributed by atoms with Crippen molar-refractivity contribution in [2.75, 3.05) is 23.3 Å². The van der Waals surface area contributed by atoms with Gasteiger partial charge in [-0.3, -0.25) is 4.79 Å². The molecule has 0 fully saturated rings. The van der Waals surface area contributed by atoms with Gasteiger partial charge >= 0.3 is 0 Å². The van der Waals surface area contributed by atoms with Crippen LogP contribution < -0.4 is 10.2 Å². The van der Waals surface area contributed by atoms with Crippen LogP contribution >= 0.6 is 11.3 Å². The molecule has 0 saturated heterocycles. The van der Waals surface area contributed by atoms with Gasteiger partial charge in [-0.2, -0.15) is 0 Å². The molecule has 180 valence electrons. The second-order valence-electron chi connectivity index (χ2n) is 8.39. The molecule has 0 radical (unpaired) electrons. The number of nitrogens with zero attached hydrogens (tertiary/aromatic N) is 3. The Labute approximate surface area is 213 Å². The van der Waals surface area contributed by atoms with E-state index in [1.165, 1.54) is 17.7 Å². The highest BCUT2D eigenvalue weighted by atomic mass is 32.1. The third-order valence-corrected chi connectivity index (χ3v) is 6.74. The Morgan fingerprint density at radius 1 is 0.861 bits per heavy atom. The van der Waals surface area contributed by atoms with Gasteiger partial charge in [-0.1, -0.05) is 48.5 Å². The second kappa shape index (κ2) is 11.1. The first-order valence-corrected chi connectivity index (χ1v) is 12.7. The van der Waals surface area contributed by atoms with Crippen LogP contribution in [0.5, 0.6) is 0 Å². The number of thiophene rings is 1. The summed E-state index contributed by atoms with van der Waals surface area (Å²) in [5, 5.41) is 5.82. The molecule has 5 nitrogen and oxygen atoms in total. The van der Waals surface area contributed by atoms with Crippen molar-refractivity contribution in [3.8, 4) is 10.7 Å². The van der Waals surface area contributed by atoms with Crippen molar-refractivity contribution in [2.24, 2.45) is 0 Å². The third kappa shape index (κ3) is 5.75. The molecule has 0 saturated carbocycles. The van der Waals surface area contributed by atoms with Gasteiger partial charge in [-0.25, -0.2) is 14.4 Å². The molecular weight excluding hydrogens is 471 g/mol. The molecule has 7 heteroatoms. The molecule has 1 amide bonds. The van der Waals surface area contributed by atoms with Crippen molar-refractivity contribution in [3.05, 3.63) is 108 Å². The lowest BCUT2D eigenvalue weighted by molar-refractivity contribution is -0.116. The molecule has 2 aromatic heterocycles. The van der Waals surface area contributed by atoms with Crippen molar-refractivity contribution in [1.29, 1.82) is 0 Å². The number of amides is 1. The fourth-order valence-electron chi connectivity index (χ4n) is 4.04. The minimum atomic E-state index is -0.336. The lowest BCUT2D eigenvalue weighted by Gasteiger charge is -2.25. The van der Waals surface area contributed by atoms with Gasteiger partial charge in [-0.05, 0) is 59.8 Å². The van der Waals surface area contributed by atoms with Gasteiger partial charge in [-0.15, -0.1) is 11.3 Å². The summed E-state index contributed by atoms with van der Waals surface area (Å²) in [6.07, 6.45) is 1.08. The highest BCUT2D eigenvalue weighted by Crippen LogP contribution is 2.30. The number of halogens is 1. The Hall–Kier alpha value is -4.10. The van der Waals surface area contributed by atoms with Gasteiger partial charge < -0.3 is 10.2 Å². The van der Waals surface area contributed by atoms with Crippen LogP contribution in [-0.4, -0.2) is 29.0 Å². The average molecular weight is 497 g/mol. The Morgan fingerprint density at radius 3 is 2.42 bits per heavy atom. The fraction of sp³-hybridized carbons (Fsp3) is 0.138. The minimum Gasteiger partial charge on any atom is -0.355 e. The smallest absolute Gasteiger partial charge is 0.226 e. The quantitative estimate of drug-likeness (QED) is 0.251. The molecule has 1 N–H and O–H groups in total. The maximum Gasteiger partial charge on any atom is 0.226 e. The molecule has 5 rings (SSSR count). The van der Waals surface area contributed by atoms with Gasteiger partial charge in [0, 0.05) is 30.6 Å². The summed E-state index contributed by atoms with van der Waals surface area (Å²) in [6.45, 7) is 1.17. The summed E-state index contributed by atoms with van der Waals surface area (Å²) in [7, 11) is 0. The monoisotopic (exact) mass is 496 g/mol. The van der Waals surface area contributed by atoms with Crippen LogP contribution in [0.25, 0.3) is 21.6 Å². The molecule has 3 aromatic carbocycles. The summed E-state index contributed by atoms with van der Waals surface area (Å²) >= 11 is 1.60. The van der Waals surface area contributed by atoms with Gasteiger partial charge in [0.1, 0.15) is 11.6 Å². The molecule has 0 aliphatic carbocycles. The van der Waals surface area contributed by atoms with E-state index in [2.05, 4.69) is 22.3 Å². The Kier molecular flexibility index (Phi) is 7.28. The van der Waals surface area contributed by atoms with Gasteiger partial charge in [0.2, 0.25) is 5.91 Å². The first-order chi connectivity index (χ1) is 17.7. The maximum atomic E-state index is 13.2. The molecule has 0 unspecified atom stereocenters. The van der Waals surface area contributed by atoms with Crippen LogP contribution in [0.1, 0.15) is 12.0 Å². The van der Waals surface area contributed by atoms with Crippen molar-refractivity contribution in [2.45, 2.75) is 12.8 Å².